The highest BCUT2D eigenvalue weighted by Gasteiger charge is 2.45. The Balaban J connectivity index is 1.25. The normalized spacial score (nSPS) is 14.6. The highest BCUT2D eigenvalue weighted by molar-refractivity contribution is 6.40. The summed E-state index contributed by atoms with van der Waals surface area (Å²) >= 11 is -2.96. The van der Waals surface area contributed by atoms with E-state index in [1.54, 1.807) is 6.20 Å². The van der Waals surface area contributed by atoms with Crippen LogP contribution >= 0.6 is 0 Å². The molecule has 0 bridgehead atoms. The average molecular weight is 630 g/mol. The van der Waals surface area contributed by atoms with Gasteiger partial charge in [-0.05, 0) is 80.8 Å². The molecule has 7 aromatic rings. The van der Waals surface area contributed by atoms with Crippen LogP contribution in [-0.2, 0) is 6.42 Å². The topological polar surface area (TPSA) is 58.4 Å². The van der Waals surface area contributed by atoms with Crippen molar-refractivity contribution >= 4 is 53.4 Å². The smallest absolute Gasteiger partial charge is 0.577 e. The molecule has 7 heteroatoms. The van der Waals surface area contributed by atoms with Crippen molar-refractivity contribution < 1.29 is 11.4 Å². The van der Waals surface area contributed by atoms with Crippen molar-refractivity contribution in [1.82, 2.24) is 14.5 Å². The monoisotopic (exact) mass is 629 g/mol. The first kappa shape index (κ1) is 29.1. The molecule has 3 aromatic heterocycles. The molecule has 0 aliphatic heterocycles. The molecule has 0 N–H and O–H groups in total. The van der Waals surface area contributed by atoms with E-state index in [1.165, 1.54) is 22.2 Å². The zero-order valence-corrected chi connectivity index (χ0v) is 27.4. The second-order valence-corrected chi connectivity index (χ2v) is 13.0. The summed E-state index contributed by atoms with van der Waals surface area (Å²) in [7, 11) is 0. The van der Waals surface area contributed by atoms with E-state index in [1.807, 2.05) is 67.6 Å². The third kappa shape index (κ3) is 5.65. The van der Waals surface area contributed by atoms with Gasteiger partial charge in [0.2, 0.25) is 0 Å². The highest BCUT2D eigenvalue weighted by Crippen LogP contribution is 2.38. The zero-order chi connectivity index (χ0) is 31.7. The summed E-state index contributed by atoms with van der Waals surface area (Å²) in [4.78, 5) is 9.41. The van der Waals surface area contributed by atoms with Crippen LogP contribution in [-0.4, -0.2) is 29.7 Å². The van der Waals surface area contributed by atoms with Gasteiger partial charge in [0.25, 0.3) is 0 Å². The summed E-state index contributed by atoms with van der Waals surface area (Å²) in [6.45, 7) is 4.17. The Kier molecular flexibility index (Phi) is 7.70. The third-order valence-electron chi connectivity index (χ3n) is 8.57. The largest absolute Gasteiger partial charge is 1.20 e. The third-order valence-corrected chi connectivity index (χ3v) is 9.93. The molecule has 4 aromatic carbocycles. The average Bonchev–Trinajstić information content (AvgIpc) is 3.40. The van der Waals surface area contributed by atoms with Crippen LogP contribution in [0.3, 0.4) is 0 Å². The molecule has 228 valence electrons. The van der Waals surface area contributed by atoms with Crippen LogP contribution in [0.1, 0.15) is 30.3 Å². The fourth-order valence-corrected chi connectivity index (χ4v) is 7.74. The minimum Gasteiger partial charge on any atom is -0.577 e. The number of hydrogen-bond donors (Lipinski definition) is 0. The lowest BCUT2D eigenvalue weighted by atomic mass is 9.98. The van der Waals surface area contributed by atoms with E-state index in [4.69, 9.17) is 16.3 Å². The van der Waals surface area contributed by atoms with Crippen LogP contribution in [0, 0.1) is 6.92 Å². The van der Waals surface area contributed by atoms with E-state index < -0.39 is 15.1 Å². The van der Waals surface area contributed by atoms with Crippen LogP contribution in [0.5, 0.6) is 17.2 Å². The molecule has 0 saturated carbocycles. The quantitative estimate of drug-likeness (QED) is 0.164. The number of aryl methyl sites for hydroxylation is 1. The van der Waals surface area contributed by atoms with Crippen LogP contribution in [0.2, 0.25) is 0 Å². The number of benzene rings is 4. The Morgan fingerprint density at radius 1 is 0.723 bits per heavy atom. The first-order valence-electron chi connectivity index (χ1n) is 15.9. The first-order valence-corrected chi connectivity index (χ1v) is 17.3. The Morgan fingerprint density at radius 2 is 1.49 bits per heavy atom. The fourth-order valence-electron chi connectivity index (χ4n) is 6.43. The first-order chi connectivity index (χ1) is 23.1. The molecule has 1 aliphatic carbocycles. The maximum absolute atomic E-state index is 6.76. The van der Waals surface area contributed by atoms with Gasteiger partial charge in [0, 0.05) is 51.1 Å². The second kappa shape index (κ2) is 12.4. The van der Waals surface area contributed by atoms with Gasteiger partial charge in [0.15, 0.2) is 0 Å². The van der Waals surface area contributed by atoms with Crippen LogP contribution in [0.4, 0.5) is 0 Å². The van der Waals surface area contributed by atoms with Crippen molar-refractivity contribution in [2.24, 2.45) is 0 Å². The number of aromatic nitrogens is 3. The van der Waals surface area contributed by atoms with Crippen LogP contribution in [0.25, 0.3) is 44.0 Å². The second-order valence-electron chi connectivity index (χ2n) is 11.7. The van der Waals surface area contributed by atoms with Gasteiger partial charge in [-0.15, -0.1) is 0 Å². The Morgan fingerprint density at radius 3 is 2.32 bits per heavy atom. The molecular weight excluding hydrogens is 597 g/mol. The molecule has 0 atom stereocenters. The van der Waals surface area contributed by atoms with Gasteiger partial charge in [-0.2, -0.15) is 0 Å². The summed E-state index contributed by atoms with van der Waals surface area (Å²) in [5.41, 5.74) is 8.46. The maximum Gasteiger partial charge on any atom is 1.20 e. The number of allylic oxidation sites excluding steroid dienone is 4. The standard InChI is InChI=1S/C21H19NO.C10H9NO.C9H7NO.Al/c1-15-8-4-2-7-11-19-21(15)18-13-12-17(23)14-20(18)22(19)16-9-5-3-6-10-16;1-7-5-6-8-3-2-4-9(12)10(8)11-7;11-8-5-1-3-7-4-2-6-10-9(7)8;/h2-6,8-10,12-14,23H,7,11H2,1H3;2-6,12H,1H3;1-6,11H;/q;;;+3/p-3/b4-2-,15-8-;;;. The SMILES string of the molecule is C/C1=C/C=C\CCc2c1c1ccc([O][Al]([O]c3cccc4cccnc34)[O]c3cccc4ccc(C)nc34)cc1n2-c1ccccc1. The number of nitrogens with zero attached hydrogens (tertiary/aromatic N) is 3. The molecule has 0 unspecified atom stereocenters. The minimum atomic E-state index is -2.96. The molecule has 0 radical (unpaired) electrons. The molecule has 0 saturated heterocycles. The number of para-hydroxylation sites is 3. The number of rotatable bonds is 7. The molecule has 0 fully saturated rings. The molecular formula is C40H32AlN3O3. The van der Waals surface area contributed by atoms with E-state index in [0.717, 1.165) is 51.5 Å². The Labute approximate surface area is 278 Å². The fraction of sp³-hybridized carbons (Fsp3) is 0.100. The predicted molar refractivity (Wildman–Crippen MR) is 190 cm³/mol. The Bertz CT molecular complexity index is 2320. The van der Waals surface area contributed by atoms with Gasteiger partial charge in [0.1, 0.15) is 22.5 Å². The van der Waals surface area contributed by atoms with Crippen LogP contribution < -0.4 is 11.4 Å². The molecule has 8 rings (SSSR count). The van der Waals surface area contributed by atoms with E-state index >= 15 is 0 Å². The van der Waals surface area contributed by atoms with Crippen molar-refractivity contribution in [2.75, 3.05) is 0 Å². The van der Waals surface area contributed by atoms with Crippen molar-refractivity contribution in [2.45, 2.75) is 26.7 Å². The molecule has 0 spiro atoms. The maximum atomic E-state index is 6.76. The van der Waals surface area contributed by atoms with Gasteiger partial charge in [-0.3, -0.25) is 4.98 Å². The summed E-state index contributed by atoms with van der Waals surface area (Å²) in [5, 5.41) is 3.16. The van der Waals surface area contributed by atoms with E-state index in [9.17, 15) is 0 Å². The van der Waals surface area contributed by atoms with Gasteiger partial charge in [0.05, 0.1) is 11.3 Å². The minimum absolute atomic E-state index is 0.620. The van der Waals surface area contributed by atoms with Gasteiger partial charge in [-0.1, -0.05) is 72.8 Å². The summed E-state index contributed by atoms with van der Waals surface area (Å²) in [5.74, 6) is 1.92. The molecule has 1 aliphatic rings. The molecule has 3 heterocycles. The Hall–Kier alpha value is -5.35. The molecule has 47 heavy (non-hydrogen) atoms. The van der Waals surface area contributed by atoms with Gasteiger partial charge < -0.3 is 15.9 Å². The van der Waals surface area contributed by atoms with Crippen molar-refractivity contribution in [3.63, 3.8) is 0 Å². The van der Waals surface area contributed by atoms with Crippen LogP contribution in [0.15, 0.2) is 134 Å². The lowest BCUT2D eigenvalue weighted by Crippen LogP contribution is -2.37. The number of pyridine rings is 2. The van der Waals surface area contributed by atoms with Crippen molar-refractivity contribution in [1.29, 1.82) is 0 Å². The molecule has 6 nitrogen and oxygen atoms in total. The summed E-state index contributed by atoms with van der Waals surface area (Å²) in [6, 6.07) is 36.7. The van der Waals surface area contributed by atoms with Crippen molar-refractivity contribution in [3.05, 3.63) is 151 Å². The zero-order valence-electron chi connectivity index (χ0n) is 26.3. The number of hydrogen-bond acceptors (Lipinski definition) is 5. The summed E-state index contributed by atoms with van der Waals surface area (Å²) < 4.78 is 22.5. The lowest BCUT2D eigenvalue weighted by Gasteiger charge is -2.18. The summed E-state index contributed by atoms with van der Waals surface area (Å²) in [6.07, 6.45) is 10.3. The number of fused-ring (bicyclic) bond motifs is 5. The van der Waals surface area contributed by atoms with E-state index in [2.05, 4.69) is 83.2 Å². The van der Waals surface area contributed by atoms with E-state index in [-0.39, 0.29) is 0 Å². The highest BCUT2D eigenvalue weighted by atomic mass is 27.3. The van der Waals surface area contributed by atoms with Gasteiger partial charge in [-0.25, -0.2) is 4.98 Å². The van der Waals surface area contributed by atoms with E-state index in [0.29, 0.717) is 17.2 Å². The van der Waals surface area contributed by atoms with Gasteiger partial charge >= 0.3 is 15.1 Å². The molecule has 0 amide bonds. The predicted octanol–water partition coefficient (Wildman–Crippen LogP) is 9.46. The lowest BCUT2D eigenvalue weighted by molar-refractivity contribution is 0.310. The van der Waals surface area contributed by atoms with Crippen molar-refractivity contribution in [3.8, 4) is 22.9 Å².